The molecule has 0 fully saturated rings. The van der Waals surface area contributed by atoms with Gasteiger partial charge in [0.2, 0.25) is 0 Å². The van der Waals surface area contributed by atoms with Crippen LogP contribution in [0.3, 0.4) is 0 Å². The third kappa shape index (κ3) is 2.91. The molecule has 2 N–H and O–H groups in total. The Balaban J connectivity index is 2.00. The molecular weight excluding hydrogens is 217 g/mol. The Bertz CT molecular complexity index is 479. The highest BCUT2D eigenvalue weighted by Crippen LogP contribution is 2.12. The fourth-order valence-corrected chi connectivity index (χ4v) is 1.70. The number of aromatic amines is 1. The maximum atomic E-state index is 13.1. The molecule has 90 valence electrons. The number of halogens is 1. The third-order valence-corrected chi connectivity index (χ3v) is 2.84. The van der Waals surface area contributed by atoms with Crippen LogP contribution < -0.4 is 5.32 Å². The summed E-state index contributed by atoms with van der Waals surface area (Å²) in [5, 5.41) is 3.31. The van der Waals surface area contributed by atoms with Gasteiger partial charge in [0.05, 0.1) is 6.04 Å². The zero-order valence-electron chi connectivity index (χ0n) is 10.00. The first kappa shape index (κ1) is 11.8. The second-order valence-electron chi connectivity index (χ2n) is 4.15. The fraction of sp³-hybridized carbons (Fsp3) is 0.308. The standard InChI is InChI=1S/C13H16FN3/c1-9-3-4-12(14)7-11(9)8-17-10(2)13-15-5-6-16-13/h3-7,10,17H,8H2,1-2H3,(H,15,16). The number of rotatable bonds is 4. The van der Waals surface area contributed by atoms with E-state index in [4.69, 9.17) is 0 Å². The summed E-state index contributed by atoms with van der Waals surface area (Å²) >= 11 is 0. The summed E-state index contributed by atoms with van der Waals surface area (Å²) in [5.74, 6) is 0.692. The van der Waals surface area contributed by atoms with Crippen LogP contribution in [0.1, 0.15) is 29.9 Å². The Morgan fingerprint density at radius 1 is 1.47 bits per heavy atom. The zero-order valence-corrected chi connectivity index (χ0v) is 10.00. The SMILES string of the molecule is Cc1ccc(F)cc1CNC(C)c1ncc[nH]1. The number of nitrogens with zero attached hydrogens (tertiary/aromatic N) is 1. The summed E-state index contributed by atoms with van der Waals surface area (Å²) in [5.41, 5.74) is 2.06. The molecule has 0 saturated carbocycles. The van der Waals surface area contributed by atoms with Gasteiger partial charge in [-0.3, -0.25) is 0 Å². The molecule has 0 bridgehead atoms. The molecule has 0 radical (unpaired) electrons. The van der Waals surface area contributed by atoms with Gasteiger partial charge in [0.25, 0.3) is 0 Å². The molecule has 1 aromatic carbocycles. The number of aryl methyl sites for hydroxylation is 1. The Hall–Kier alpha value is -1.68. The topological polar surface area (TPSA) is 40.7 Å². The lowest BCUT2D eigenvalue weighted by Crippen LogP contribution is -2.19. The smallest absolute Gasteiger partial charge is 0.123 e. The van der Waals surface area contributed by atoms with Gasteiger partial charge < -0.3 is 10.3 Å². The number of benzene rings is 1. The van der Waals surface area contributed by atoms with Crippen molar-refractivity contribution in [2.75, 3.05) is 0 Å². The minimum Gasteiger partial charge on any atom is -0.347 e. The Labute approximate surface area is 100 Å². The van der Waals surface area contributed by atoms with E-state index >= 15 is 0 Å². The zero-order chi connectivity index (χ0) is 12.3. The average molecular weight is 233 g/mol. The van der Waals surface area contributed by atoms with E-state index in [0.717, 1.165) is 17.0 Å². The Morgan fingerprint density at radius 2 is 2.29 bits per heavy atom. The first-order valence-electron chi connectivity index (χ1n) is 5.64. The number of nitrogens with one attached hydrogen (secondary N) is 2. The van der Waals surface area contributed by atoms with Gasteiger partial charge in [0.1, 0.15) is 11.6 Å². The van der Waals surface area contributed by atoms with Crippen LogP contribution in [0.5, 0.6) is 0 Å². The van der Waals surface area contributed by atoms with Crippen molar-refractivity contribution >= 4 is 0 Å². The van der Waals surface area contributed by atoms with Crippen molar-refractivity contribution in [3.8, 4) is 0 Å². The van der Waals surface area contributed by atoms with Gasteiger partial charge in [-0.25, -0.2) is 9.37 Å². The van der Waals surface area contributed by atoms with Gasteiger partial charge >= 0.3 is 0 Å². The molecule has 1 atom stereocenters. The summed E-state index contributed by atoms with van der Waals surface area (Å²) in [4.78, 5) is 7.23. The second-order valence-corrected chi connectivity index (χ2v) is 4.15. The molecule has 17 heavy (non-hydrogen) atoms. The minimum atomic E-state index is -0.196. The molecule has 0 amide bonds. The minimum absolute atomic E-state index is 0.118. The van der Waals surface area contributed by atoms with Gasteiger partial charge in [-0.1, -0.05) is 6.07 Å². The van der Waals surface area contributed by atoms with Crippen LogP contribution in [0.2, 0.25) is 0 Å². The molecule has 3 nitrogen and oxygen atoms in total. The van der Waals surface area contributed by atoms with Gasteiger partial charge in [-0.05, 0) is 37.1 Å². The van der Waals surface area contributed by atoms with Crippen LogP contribution in [-0.4, -0.2) is 9.97 Å². The summed E-state index contributed by atoms with van der Waals surface area (Å²) in [7, 11) is 0. The Kier molecular flexibility index (Phi) is 3.54. The van der Waals surface area contributed by atoms with E-state index in [1.165, 1.54) is 6.07 Å². The molecule has 4 heteroatoms. The highest BCUT2D eigenvalue weighted by atomic mass is 19.1. The normalized spacial score (nSPS) is 12.6. The molecule has 2 aromatic rings. The first-order chi connectivity index (χ1) is 8.16. The molecule has 0 aliphatic rings. The lowest BCUT2D eigenvalue weighted by Gasteiger charge is -2.13. The predicted molar refractivity (Wildman–Crippen MR) is 65.0 cm³/mol. The first-order valence-corrected chi connectivity index (χ1v) is 5.64. The summed E-state index contributed by atoms with van der Waals surface area (Å²) in [6.45, 7) is 4.63. The number of hydrogen-bond acceptors (Lipinski definition) is 2. The van der Waals surface area contributed by atoms with Crippen LogP contribution in [-0.2, 0) is 6.54 Å². The molecule has 1 unspecified atom stereocenters. The summed E-state index contributed by atoms with van der Waals surface area (Å²) < 4.78 is 13.1. The monoisotopic (exact) mass is 233 g/mol. The molecule has 2 rings (SSSR count). The van der Waals surface area contributed by atoms with E-state index in [1.807, 2.05) is 13.8 Å². The number of imidazole rings is 1. The molecular formula is C13H16FN3. The lowest BCUT2D eigenvalue weighted by molar-refractivity contribution is 0.546. The van der Waals surface area contributed by atoms with Crippen molar-refractivity contribution in [2.24, 2.45) is 0 Å². The lowest BCUT2D eigenvalue weighted by atomic mass is 10.1. The van der Waals surface area contributed by atoms with E-state index in [-0.39, 0.29) is 11.9 Å². The number of H-pyrrole nitrogens is 1. The van der Waals surface area contributed by atoms with Gasteiger partial charge in [-0.15, -0.1) is 0 Å². The highest BCUT2D eigenvalue weighted by Gasteiger charge is 2.07. The van der Waals surface area contributed by atoms with Crippen molar-refractivity contribution in [3.63, 3.8) is 0 Å². The van der Waals surface area contributed by atoms with E-state index in [0.29, 0.717) is 6.54 Å². The maximum Gasteiger partial charge on any atom is 0.123 e. The predicted octanol–water partition coefficient (Wildman–Crippen LogP) is 2.71. The molecule has 0 saturated heterocycles. The fourth-order valence-electron chi connectivity index (χ4n) is 1.70. The molecule has 1 heterocycles. The largest absolute Gasteiger partial charge is 0.347 e. The van der Waals surface area contributed by atoms with Crippen LogP contribution in [0.25, 0.3) is 0 Å². The van der Waals surface area contributed by atoms with Crippen LogP contribution >= 0.6 is 0 Å². The van der Waals surface area contributed by atoms with E-state index < -0.39 is 0 Å². The molecule has 0 spiro atoms. The third-order valence-electron chi connectivity index (χ3n) is 2.84. The van der Waals surface area contributed by atoms with Crippen molar-refractivity contribution in [2.45, 2.75) is 26.4 Å². The van der Waals surface area contributed by atoms with E-state index in [1.54, 1.807) is 24.5 Å². The van der Waals surface area contributed by atoms with E-state index in [9.17, 15) is 4.39 Å². The molecule has 0 aliphatic heterocycles. The average Bonchev–Trinajstić information content (AvgIpc) is 2.83. The van der Waals surface area contributed by atoms with Crippen molar-refractivity contribution in [1.82, 2.24) is 15.3 Å². The highest BCUT2D eigenvalue weighted by molar-refractivity contribution is 5.26. The van der Waals surface area contributed by atoms with Gasteiger partial charge in [0.15, 0.2) is 0 Å². The Morgan fingerprint density at radius 3 is 3.00 bits per heavy atom. The summed E-state index contributed by atoms with van der Waals surface area (Å²) in [6, 6.07) is 4.96. The molecule has 1 aromatic heterocycles. The van der Waals surface area contributed by atoms with Crippen molar-refractivity contribution < 1.29 is 4.39 Å². The quantitative estimate of drug-likeness (QED) is 0.852. The van der Waals surface area contributed by atoms with Crippen LogP contribution in [0.4, 0.5) is 4.39 Å². The van der Waals surface area contributed by atoms with E-state index in [2.05, 4.69) is 15.3 Å². The molecule has 0 aliphatic carbocycles. The second kappa shape index (κ2) is 5.10. The summed E-state index contributed by atoms with van der Waals surface area (Å²) in [6.07, 6.45) is 3.52. The van der Waals surface area contributed by atoms with Crippen LogP contribution in [0.15, 0.2) is 30.6 Å². The van der Waals surface area contributed by atoms with Crippen LogP contribution in [0, 0.1) is 12.7 Å². The maximum absolute atomic E-state index is 13.1. The van der Waals surface area contributed by atoms with Gasteiger partial charge in [-0.2, -0.15) is 0 Å². The van der Waals surface area contributed by atoms with Gasteiger partial charge in [0, 0.05) is 18.9 Å². The van der Waals surface area contributed by atoms with Crippen molar-refractivity contribution in [3.05, 3.63) is 53.4 Å². The van der Waals surface area contributed by atoms with Crippen molar-refractivity contribution in [1.29, 1.82) is 0 Å². The number of hydrogen-bond donors (Lipinski definition) is 2. The number of aromatic nitrogens is 2.